The number of fused-ring (bicyclic) bond motifs is 1. The summed E-state index contributed by atoms with van der Waals surface area (Å²) >= 11 is 16.3. The molecule has 3 aromatic carbocycles. The van der Waals surface area contributed by atoms with Gasteiger partial charge in [-0.15, -0.1) is 11.6 Å². The standard InChI is InChI=1S/C17H10BrCl2F/c18-15-7-5-10(21)9-14(15)17(20)13-6-8-16(19)12-4-2-1-3-11(12)13/h1-9,17H. The molecule has 4 heteroatoms. The lowest BCUT2D eigenvalue weighted by Crippen LogP contribution is -1.97. The molecule has 21 heavy (non-hydrogen) atoms. The fourth-order valence-electron chi connectivity index (χ4n) is 2.38. The van der Waals surface area contributed by atoms with Crippen LogP contribution in [0, 0.1) is 5.82 Å². The molecule has 0 nitrogen and oxygen atoms in total. The van der Waals surface area contributed by atoms with Crippen LogP contribution in [0.2, 0.25) is 5.02 Å². The van der Waals surface area contributed by atoms with Gasteiger partial charge in [-0.05, 0) is 40.8 Å². The van der Waals surface area contributed by atoms with Crippen molar-refractivity contribution in [1.29, 1.82) is 0 Å². The van der Waals surface area contributed by atoms with Crippen molar-refractivity contribution in [2.75, 3.05) is 0 Å². The number of hydrogen-bond acceptors (Lipinski definition) is 0. The van der Waals surface area contributed by atoms with Gasteiger partial charge in [0.05, 0.1) is 5.38 Å². The maximum Gasteiger partial charge on any atom is 0.123 e. The van der Waals surface area contributed by atoms with Crippen molar-refractivity contribution in [3.8, 4) is 0 Å². The van der Waals surface area contributed by atoms with Crippen molar-refractivity contribution < 1.29 is 4.39 Å². The molecule has 1 atom stereocenters. The van der Waals surface area contributed by atoms with Gasteiger partial charge >= 0.3 is 0 Å². The van der Waals surface area contributed by atoms with Crippen molar-refractivity contribution in [3.63, 3.8) is 0 Å². The average Bonchev–Trinajstić information content (AvgIpc) is 2.50. The zero-order chi connectivity index (χ0) is 15.0. The van der Waals surface area contributed by atoms with E-state index in [0.717, 1.165) is 20.8 Å². The lowest BCUT2D eigenvalue weighted by molar-refractivity contribution is 0.625. The van der Waals surface area contributed by atoms with Crippen molar-refractivity contribution in [2.24, 2.45) is 0 Å². The Balaban J connectivity index is 2.20. The molecule has 0 aliphatic carbocycles. The van der Waals surface area contributed by atoms with Gasteiger partial charge in [-0.25, -0.2) is 4.39 Å². The topological polar surface area (TPSA) is 0 Å². The van der Waals surface area contributed by atoms with E-state index in [1.807, 2.05) is 36.4 Å². The first-order valence-corrected chi connectivity index (χ1v) is 7.95. The molecule has 0 aliphatic rings. The molecule has 3 rings (SSSR count). The van der Waals surface area contributed by atoms with Crippen LogP contribution >= 0.6 is 39.1 Å². The highest BCUT2D eigenvalue weighted by Crippen LogP contribution is 2.39. The van der Waals surface area contributed by atoms with Crippen LogP contribution in [0.15, 0.2) is 59.1 Å². The number of hydrogen-bond donors (Lipinski definition) is 0. The fourth-order valence-corrected chi connectivity index (χ4v) is 3.59. The van der Waals surface area contributed by atoms with Crippen LogP contribution < -0.4 is 0 Å². The third-order valence-electron chi connectivity index (χ3n) is 3.41. The van der Waals surface area contributed by atoms with E-state index < -0.39 is 5.38 Å². The summed E-state index contributed by atoms with van der Waals surface area (Å²) < 4.78 is 14.3. The summed E-state index contributed by atoms with van der Waals surface area (Å²) in [5.41, 5.74) is 1.60. The average molecular weight is 384 g/mol. The van der Waals surface area contributed by atoms with Gasteiger partial charge in [-0.1, -0.05) is 57.9 Å². The SMILES string of the molecule is Fc1ccc(Br)c(C(Cl)c2ccc(Cl)c3ccccc23)c1. The second kappa shape index (κ2) is 5.96. The zero-order valence-corrected chi connectivity index (χ0v) is 13.9. The number of rotatable bonds is 2. The third kappa shape index (κ3) is 2.80. The molecule has 0 N–H and O–H groups in total. The number of halogens is 4. The van der Waals surface area contributed by atoms with Crippen LogP contribution in [0.1, 0.15) is 16.5 Å². The predicted molar refractivity (Wildman–Crippen MR) is 90.8 cm³/mol. The normalized spacial score (nSPS) is 12.6. The highest BCUT2D eigenvalue weighted by atomic mass is 79.9. The van der Waals surface area contributed by atoms with E-state index in [9.17, 15) is 4.39 Å². The van der Waals surface area contributed by atoms with Gasteiger partial charge < -0.3 is 0 Å². The molecule has 1 unspecified atom stereocenters. The maximum absolute atomic E-state index is 13.5. The van der Waals surface area contributed by atoms with Crippen LogP contribution in [0.5, 0.6) is 0 Å². The molecule has 3 aromatic rings. The van der Waals surface area contributed by atoms with Crippen molar-refractivity contribution >= 4 is 49.9 Å². The van der Waals surface area contributed by atoms with Gasteiger partial charge in [0, 0.05) is 14.9 Å². The Morgan fingerprint density at radius 3 is 2.38 bits per heavy atom. The lowest BCUT2D eigenvalue weighted by atomic mass is 9.98. The Morgan fingerprint density at radius 1 is 0.905 bits per heavy atom. The molecule has 0 aromatic heterocycles. The van der Waals surface area contributed by atoms with Gasteiger partial charge in [-0.3, -0.25) is 0 Å². The van der Waals surface area contributed by atoms with Gasteiger partial charge in [0.2, 0.25) is 0 Å². The van der Waals surface area contributed by atoms with Crippen LogP contribution in [0.4, 0.5) is 4.39 Å². The molecule has 0 radical (unpaired) electrons. The first kappa shape index (κ1) is 14.8. The third-order valence-corrected chi connectivity index (χ3v) is 4.93. The Morgan fingerprint density at radius 2 is 1.62 bits per heavy atom. The summed E-state index contributed by atoms with van der Waals surface area (Å²) in [5, 5.41) is 2.13. The summed E-state index contributed by atoms with van der Waals surface area (Å²) in [6, 6.07) is 16.0. The van der Waals surface area contributed by atoms with E-state index in [0.29, 0.717) is 10.6 Å². The molecule has 0 aliphatic heterocycles. The molecule has 106 valence electrons. The summed E-state index contributed by atoms with van der Waals surface area (Å²) in [6.45, 7) is 0. The minimum atomic E-state index is -0.461. The smallest absolute Gasteiger partial charge is 0.123 e. The first-order chi connectivity index (χ1) is 10.1. The highest BCUT2D eigenvalue weighted by molar-refractivity contribution is 9.10. The van der Waals surface area contributed by atoms with Crippen molar-refractivity contribution in [2.45, 2.75) is 5.38 Å². The van der Waals surface area contributed by atoms with E-state index in [2.05, 4.69) is 15.9 Å². The minimum absolute atomic E-state index is 0.308. The van der Waals surface area contributed by atoms with Gasteiger partial charge in [0.1, 0.15) is 5.82 Å². The fraction of sp³-hybridized carbons (Fsp3) is 0.0588. The molecular formula is C17H10BrCl2F. The maximum atomic E-state index is 13.5. The molecule has 0 saturated carbocycles. The number of alkyl halides is 1. The summed E-state index contributed by atoms with van der Waals surface area (Å²) in [7, 11) is 0. The molecule has 0 fully saturated rings. The minimum Gasteiger partial charge on any atom is -0.207 e. The Labute approximate surface area is 140 Å². The van der Waals surface area contributed by atoms with Crippen LogP contribution in [0.25, 0.3) is 10.8 Å². The second-order valence-electron chi connectivity index (χ2n) is 4.71. The number of benzene rings is 3. The Hall–Kier alpha value is -1.09. The van der Waals surface area contributed by atoms with Gasteiger partial charge in [0.25, 0.3) is 0 Å². The van der Waals surface area contributed by atoms with Gasteiger partial charge in [0.15, 0.2) is 0 Å². The van der Waals surface area contributed by atoms with E-state index in [1.54, 1.807) is 6.07 Å². The largest absolute Gasteiger partial charge is 0.207 e. The molecule has 0 saturated heterocycles. The molecule has 0 spiro atoms. The van der Waals surface area contributed by atoms with E-state index in [4.69, 9.17) is 23.2 Å². The lowest BCUT2D eigenvalue weighted by Gasteiger charge is -2.15. The quantitative estimate of drug-likeness (QED) is 0.430. The van der Waals surface area contributed by atoms with Crippen molar-refractivity contribution in [3.05, 3.63) is 81.0 Å². The van der Waals surface area contributed by atoms with Gasteiger partial charge in [-0.2, -0.15) is 0 Å². The monoisotopic (exact) mass is 382 g/mol. The molecular weight excluding hydrogens is 374 g/mol. The van der Waals surface area contributed by atoms with E-state index >= 15 is 0 Å². The van der Waals surface area contributed by atoms with Crippen LogP contribution in [-0.2, 0) is 0 Å². The molecule has 0 bridgehead atoms. The molecule has 0 amide bonds. The Kier molecular flexibility index (Phi) is 4.21. The zero-order valence-electron chi connectivity index (χ0n) is 10.8. The van der Waals surface area contributed by atoms with Crippen LogP contribution in [-0.4, -0.2) is 0 Å². The first-order valence-electron chi connectivity index (χ1n) is 6.34. The molecule has 0 heterocycles. The van der Waals surface area contributed by atoms with Crippen LogP contribution in [0.3, 0.4) is 0 Å². The van der Waals surface area contributed by atoms with E-state index in [-0.39, 0.29) is 5.82 Å². The summed E-state index contributed by atoms with van der Waals surface area (Å²) in [5.74, 6) is -0.308. The highest BCUT2D eigenvalue weighted by Gasteiger charge is 2.18. The second-order valence-corrected chi connectivity index (χ2v) is 6.41. The van der Waals surface area contributed by atoms with Crippen molar-refractivity contribution in [1.82, 2.24) is 0 Å². The van der Waals surface area contributed by atoms with E-state index in [1.165, 1.54) is 12.1 Å². The summed E-state index contributed by atoms with van der Waals surface area (Å²) in [4.78, 5) is 0. The predicted octanol–water partition coefficient (Wildman–Crippen LogP) is 6.72. The Bertz CT molecular complexity index is 817. The summed E-state index contributed by atoms with van der Waals surface area (Å²) in [6.07, 6.45) is 0.